The molecule has 0 radical (unpaired) electrons. The van der Waals surface area contributed by atoms with E-state index in [0.29, 0.717) is 15.4 Å². The Labute approximate surface area is 127 Å². The first kappa shape index (κ1) is 15.0. The van der Waals surface area contributed by atoms with Crippen molar-refractivity contribution >= 4 is 44.7 Å². The van der Waals surface area contributed by atoms with Crippen molar-refractivity contribution in [2.75, 3.05) is 0 Å². The number of halogens is 1. The monoisotopic (exact) mass is 354 g/mol. The summed E-state index contributed by atoms with van der Waals surface area (Å²) in [5, 5.41) is 11.8. The fourth-order valence-corrected chi connectivity index (χ4v) is 2.23. The van der Waals surface area contributed by atoms with E-state index in [1.165, 1.54) is 6.07 Å². The number of carboxylic acid groups (broad SMARTS) is 1. The Hall–Kier alpha value is -2.35. The number of carboxylic acids is 1. The summed E-state index contributed by atoms with van der Waals surface area (Å²) in [6, 6.07) is 5.36. The normalized spacial score (nSPS) is 12.0. The molecule has 4 N–H and O–H groups in total. The molecule has 0 saturated carbocycles. The van der Waals surface area contributed by atoms with Crippen LogP contribution in [0.4, 0.5) is 0 Å². The van der Waals surface area contributed by atoms with Gasteiger partial charge in [0.05, 0.1) is 10.9 Å². The summed E-state index contributed by atoms with van der Waals surface area (Å²) in [5.74, 6) is -2.95. The number of aliphatic carboxylic acids is 1. The van der Waals surface area contributed by atoms with Crippen LogP contribution < -0.4 is 11.1 Å². The van der Waals surface area contributed by atoms with Crippen LogP contribution in [0.3, 0.4) is 0 Å². The van der Waals surface area contributed by atoms with Crippen LogP contribution in [0.1, 0.15) is 17.0 Å². The third-order valence-corrected chi connectivity index (χ3v) is 3.35. The minimum Gasteiger partial charge on any atom is -0.480 e. The van der Waals surface area contributed by atoms with Gasteiger partial charge in [-0.05, 0) is 28.1 Å². The molecule has 110 valence electrons. The van der Waals surface area contributed by atoms with E-state index in [9.17, 15) is 14.4 Å². The Morgan fingerprint density at radius 3 is 2.67 bits per heavy atom. The summed E-state index contributed by atoms with van der Waals surface area (Å²) < 4.78 is 6.05. The first-order valence-corrected chi connectivity index (χ1v) is 6.68. The molecular weight excluding hydrogens is 344 g/mol. The van der Waals surface area contributed by atoms with Gasteiger partial charge in [0, 0.05) is 5.39 Å². The topological polar surface area (TPSA) is 123 Å². The maximum atomic E-state index is 12.0. The van der Waals surface area contributed by atoms with Gasteiger partial charge in [-0.2, -0.15) is 0 Å². The van der Waals surface area contributed by atoms with Crippen molar-refractivity contribution in [3.05, 3.63) is 34.5 Å². The fraction of sp³-hybridized carbons (Fsp3) is 0.154. The Morgan fingerprint density at radius 1 is 1.38 bits per heavy atom. The lowest BCUT2D eigenvalue weighted by molar-refractivity contribution is -0.140. The van der Waals surface area contributed by atoms with Gasteiger partial charge in [0.15, 0.2) is 5.76 Å². The summed E-state index contributed by atoms with van der Waals surface area (Å²) in [5.41, 5.74) is 5.42. The molecule has 2 aromatic rings. The highest BCUT2D eigenvalue weighted by molar-refractivity contribution is 9.10. The number of nitrogens with two attached hydrogens (primary N) is 1. The van der Waals surface area contributed by atoms with E-state index in [1.807, 2.05) is 0 Å². The molecule has 1 unspecified atom stereocenters. The van der Waals surface area contributed by atoms with E-state index in [0.717, 1.165) is 0 Å². The highest BCUT2D eigenvalue weighted by Crippen LogP contribution is 2.26. The van der Waals surface area contributed by atoms with E-state index in [2.05, 4.69) is 21.2 Å². The minimum absolute atomic E-state index is 0.0485. The van der Waals surface area contributed by atoms with Gasteiger partial charge < -0.3 is 20.6 Å². The summed E-state index contributed by atoms with van der Waals surface area (Å²) in [6.45, 7) is 0. The lowest BCUT2D eigenvalue weighted by Crippen LogP contribution is -2.43. The van der Waals surface area contributed by atoms with Crippen LogP contribution in [0, 0.1) is 0 Å². The fourth-order valence-electron chi connectivity index (χ4n) is 1.77. The van der Waals surface area contributed by atoms with Crippen LogP contribution in [0.5, 0.6) is 0 Å². The second-order valence-corrected chi connectivity index (χ2v) is 5.16. The molecule has 1 aromatic heterocycles. The third kappa shape index (κ3) is 3.40. The van der Waals surface area contributed by atoms with Crippen LogP contribution in [-0.2, 0) is 9.59 Å². The number of carbonyl (C=O) groups excluding carboxylic acids is 2. The molecule has 1 heterocycles. The predicted molar refractivity (Wildman–Crippen MR) is 76.6 cm³/mol. The van der Waals surface area contributed by atoms with Gasteiger partial charge in [-0.3, -0.25) is 9.59 Å². The quantitative estimate of drug-likeness (QED) is 0.745. The van der Waals surface area contributed by atoms with Crippen molar-refractivity contribution in [2.45, 2.75) is 12.5 Å². The molecule has 0 saturated heterocycles. The maximum Gasteiger partial charge on any atom is 0.326 e. The van der Waals surface area contributed by atoms with Crippen molar-refractivity contribution in [1.29, 1.82) is 0 Å². The average Bonchev–Trinajstić information content (AvgIpc) is 2.82. The van der Waals surface area contributed by atoms with Gasteiger partial charge in [-0.25, -0.2) is 4.79 Å². The number of benzene rings is 1. The van der Waals surface area contributed by atoms with Gasteiger partial charge in [0.2, 0.25) is 5.91 Å². The smallest absolute Gasteiger partial charge is 0.326 e. The summed E-state index contributed by atoms with van der Waals surface area (Å²) in [6.07, 6.45) is -0.495. The van der Waals surface area contributed by atoms with Crippen molar-refractivity contribution in [3.63, 3.8) is 0 Å². The van der Waals surface area contributed by atoms with E-state index >= 15 is 0 Å². The Balaban J connectivity index is 2.23. The molecule has 0 fully saturated rings. The Morgan fingerprint density at radius 2 is 2.10 bits per heavy atom. The zero-order valence-corrected chi connectivity index (χ0v) is 12.2. The van der Waals surface area contributed by atoms with Gasteiger partial charge in [-0.1, -0.05) is 12.1 Å². The minimum atomic E-state index is -1.40. The van der Waals surface area contributed by atoms with Crippen molar-refractivity contribution in [1.82, 2.24) is 5.32 Å². The zero-order valence-electron chi connectivity index (χ0n) is 10.6. The first-order valence-electron chi connectivity index (χ1n) is 5.88. The summed E-state index contributed by atoms with van der Waals surface area (Å²) in [4.78, 5) is 33.7. The van der Waals surface area contributed by atoms with Crippen molar-refractivity contribution < 1.29 is 23.9 Å². The second-order valence-electron chi connectivity index (χ2n) is 4.30. The van der Waals surface area contributed by atoms with Gasteiger partial charge in [0.25, 0.3) is 5.91 Å². The molecule has 7 nitrogen and oxygen atoms in total. The van der Waals surface area contributed by atoms with Gasteiger partial charge in [-0.15, -0.1) is 0 Å². The molecule has 0 aliphatic heterocycles. The summed E-state index contributed by atoms with van der Waals surface area (Å²) in [7, 11) is 0. The Kier molecular flexibility index (Phi) is 4.27. The highest BCUT2D eigenvalue weighted by Gasteiger charge is 2.24. The van der Waals surface area contributed by atoms with E-state index < -0.39 is 30.2 Å². The zero-order chi connectivity index (χ0) is 15.6. The molecule has 0 bridgehead atoms. The Bertz CT molecular complexity index is 724. The van der Waals surface area contributed by atoms with E-state index in [4.69, 9.17) is 15.3 Å². The van der Waals surface area contributed by atoms with E-state index in [1.54, 1.807) is 18.2 Å². The molecule has 2 amide bonds. The predicted octanol–water partition coefficient (Wildman–Crippen LogP) is 1.25. The van der Waals surface area contributed by atoms with Crippen molar-refractivity contribution in [3.8, 4) is 0 Å². The maximum absolute atomic E-state index is 12.0. The van der Waals surface area contributed by atoms with Crippen LogP contribution in [0.25, 0.3) is 11.0 Å². The lowest BCUT2D eigenvalue weighted by Gasteiger charge is -2.11. The lowest BCUT2D eigenvalue weighted by atomic mass is 10.2. The van der Waals surface area contributed by atoms with Crippen LogP contribution >= 0.6 is 15.9 Å². The highest BCUT2D eigenvalue weighted by atomic mass is 79.9. The molecule has 0 spiro atoms. The molecule has 0 aliphatic carbocycles. The number of primary amides is 1. The number of carbonyl (C=O) groups is 3. The first-order chi connectivity index (χ1) is 9.88. The number of rotatable bonds is 5. The molecule has 1 atom stereocenters. The molecule has 21 heavy (non-hydrogen) atoms. The second kappa shape index (κ2) is 5.96. The van der Waals surface area contributed by atoms with Crippen molar-refractivity contribution in [2.24, 2.45) is 5.73 Å². The standard InChI is InChI=1S/C13H11BrN2O5/c14-7-3-1-2-6-4-9(21-11(6)7)12(18)16-8(13(19)20)5-10(15)17/h1-4,8H,5H2,(H2,15,17)(H,16,18)(H,19,20). The largest absolute Gasteiger partial charge is 0.480 e. The number of hydrogen-bond donors (Lipinski definition) is 3. The van der Waals surface area contributed by atoms with Crippen LogP contribution in [0.15, 0.2) is 33.2 Å². The number of fused-ring (bicyclic) bond motifs is 1. The SMILES string of the molecule is NC(=O)CC(NC(=O)c1cc2cccc(Br)c2o1)C(=O)O. The molecular formula is C13H11BrN2O5. The number of amides is 2. The third-order valence-electron chi connectivity index (χ3n) is 2.73. The van der Waals surface area contributed by atoms with Gasteiger partial charge >= 0.3 is 5.97 Å². The molecule has 8 heteroatoms. The van der Waals surface area contributed by atoms with Crippen LogP contribution in [0.2, 0.25) is 0 Å². The van der Waals surface area contributed by atoms with Crippen LogP contribution in [-0.4, -0.2) is 28.9 Å². The molecule has 0 aliphatic rings. The van der Waals surface area contributed by atoms with E-state index in [-0.39, 0.29) is 5.76 Å². The molecule has 2 rings (SSSR count). The van der Waals surface area contributed by atoms with Gasteiger partial charge in [0.1, 0.15) is 11.6 Å². The number of furan rings is 1. The average molecular weight is 355 g/mol. The number of para-hydroxylation sites is 1. The number of nitrogens with one attached hydrogen (secondary N) is 1. The number of hydrogen-bond acceptors (Lipinski definition) is 4. The molecule has 1 aromatic carbocycles. The summed E-state index contributed by atoms with van der Waals surface area (Å²) >= 11 is 3.29.